The molecule has 2 saturated heterocycles. The maximum atomic E-state index is 12.9. The lowest BCUT2D eigenvalue weighted by molar-refractivity contribution is -0.132. The number of nitrogens with zero attached hydrogens (tertiary/aromatic N) is 1. The number of nitrogens with one attached hydrogen (secondary N) is 2. The molecule has 2 aliphatic heterocycles. The van der Waals surface area contributed by atoms with Gasteiger partial charge in [-0.25, -0.2) is 0 Å². The smallest absolute Gasteiger partial charge is 0.227 e. The summed E-state index contributed by atoms with van der Waals surface area (Å²) in [6.45, 7) is 6.25. The first-order valence-corrected chi connectivity index (χ1v) is 9.26. The van der Waals surface area contributed by atoms with Crippen LogP contribution in [0.25, 0.3) is 10.9 Å². The normalized spacial score (nSPS) is 24.6. The van der Waals surface area contributed by atoms with Gasteiger partial charge in [0.25, 0.3) is 0 Å². The maximum absolute atomic E-state index is 12.9. The van der Waals surface area contributed by atoms with Crippen LogP contribution in [0.2, 0.25) is 0 Å². The average Bonchev–Trinajstić information content (AvgIpc) is 3.25. The zero-order valence-electron chi connectivity index (χ0n) is 14.5. The van der Waals surface area contributed by atoms with E-state index in [4.69, 9.17) is 0 Å². The molecule has 0 radical (unpaired) electrons. The van der Waals surface area contributed by atoms with Crippen LogP contribution in [0, 0.1) is 18.8 Å². The molecule has 3 heterocycles. The molecule has 4 heteroatoms. The fourth-order valence-corrected chi connectivity index (χ4v) is 4.41. The lowest BCUT2D eigenvalue weighted by atomic mass is 9.85. The second-order valence-corrected chi connectivity index (χ2v) is 7.53. The summed E-state index contributed by atoms with van der Waals surface area (Å²) >= 11 is 0. The van der Waals surface area contributed by atoms with Crippen molar-refractivity contribution in [3.05, 3.63) is 35.5 Å². The van der Waals surface area contributed by atoms with E-state index >= 15 is 0 Å². The van der Waals surface area contributed by atoms with Crippen LogP contribution in [0.3, 0.4) is 0 Å². The highest BCUT2D eigenvalue weighted by molar-refractivity contribution is 5.89. The van der Waals surface area contributed by atoms with Gasteiger partial charge in [0.2, 0.25) is 5.91 Å². The third-order valence-electron chi connectivity index (χ3n) is 5.84. The number of aromatic nitrogens is 1. The van der Waals surface area contributed by atoms with Crippen molar-refractivity contribution >= 4 is 16.8 Å². The quantitative estimate of drug-likeness (QED) is 0.911. The first-order chi connectivity index (χ1) is 11.7. The Morgan fingerprint density at radius 3 is 3.04 bits per heavy atom. The molecule has 2 N–H and O–H groups in total. The molecule has 0 bridgehead atoms. The fraction of sp³-hybridized carbons (Fsp3) is 0.550. The highest BCUT2D eigenvalue weighted by Gasteiger charge is 2.31. The fourth-order valence-electron chi connectivity index (χ4n) is 4.41. The van der Waals surface area contributed by atoms with Crippen LogP contribution >= 0.6 is 0 Å². The standard InChI is InChI=1S/C20H27N3O/c1-14-4-5-19-18(9-14)17(12-22-19)10-20(24)23-8-2-3-16(13-23)15-6-7-21-11-15/h4-5,9,12,15-16,21-22H,2-3,6-8,10-11,13H2,1H3. The number of rotatable bonds is 3. The molecule has 2 atom stereocenters. The highest BCUT2D eigenvalue weighted by Crippen LogP contribution is 2.28. The zero-order chi connectivity index (χ0) is 16.5. The van der Waals surface area contributed by atoms with Gasteiger partial charge in [-0.3, -0.25) is 4.79 Å². The van der Waals surface area contributed by atoms with Gasteiger partial charge >= 0.3 is 0 Å². The summed E-state index contributed by atoms with van der Waals surface area (Å²) in [4.78, 5) is 18.3. The molecular formula is C20H27N3O. The van der Waals surface area contributed by atoms with E-state index in [0.29, 0.717) is 12.3 Å². The lowest BCUT2D eigenvalue weighted by Crippen LogP contribution is -2.43. The number of benzene rings is 1. The number of fused-ring (bicyclic) bond motifs is 1. The largest absolute Gasteiger partial charge is 0.361 e. The molecule has 1 aromatic carbocycles. The minimum atomic E-state index is 0.285. The molecule has 0 spiro atoms. The van der Waals surface area contributed by atoms with E-state index in [0.717, 1.165) is 49.6 Å². The Kier molecular flexibility index (Phi) is 4.31. The van der Waals surface area contributed by atoms with Crippen LogP contribution in [0.4, 0.5) is 0 Å². The molecule has 1 amide bonds. The zero-order valence-corrected chi connectivity index (χ0v) is 14.5. The average molecular weight is 325 g/mol. The molecule has 0 saturated carbocycles. The number of likely N-dealkylation sites (tertiary alicyclic amines) is 1. The SMILES string of the molecule is Cc1ccc2[nH]cc(CC(=O)N3CCCC(C4CCNC4)C3)c2c1. The van der Waals surface area contributed by atoms with E-state index in [1.165, 1.54) is 23.8 Å². The molecular weight excluding hydrogens is 298 g/mol. The Hall–Kier alpha value is -1.81. The van der Waals surface area contributed by atoms with Crippen molar-refractivity contribution in [2.24, 2.45) is 11.8 Å². The molecule has 4 rings (SSSR count). The predicted molar refractivity (Wildman–Crippen MR) is 97.0 cm³/mol. The first-order valence-electron chi connectivity index (χ1n) is 9.26. The van der Waals surface area contributed by atoms with Crippen molar-refractivity contribution in [2.75, 3.05) is 26.2 Å². The number of aromatic amines is 1. The van der Waals surface area contributed by atoms with Crippen molar-refractivity contribution in [2.45, 2.75) is 32.6 Å². The van der Waals surface area contributed by atoms with Gasteiger partial charge in [-0.05, 0) is 68.8 Å². The second kappa shape index (κ2) is 6.60. The monoisotopic (exact) mass is 325 g/mol. The minimum absolute atomic E-state index is 0.285. The molecule has 2 unspecified atom stereocenters. The van der Waals surface area contributed by atoms with Crippen LogP contribution in [0.15, 0.2) is 24.4 Å². The van der Waals surface area contributed by atoms with Gasteiger partial charge in [0.05, 0.1) is 6.42 Å². The molecule has 2 aromatic rings. The molecule has 128 valence electrons. The molecule has 1 aromatic heterocycles. The van der Waals surface area contributed by atoms with Gasteiger partial charge in [0.15, 0.2) is 0 Å². The second-order valence-electron chi connectivity index (χ2n) is 7.53. The van der Waals surface area contributed by atoms with Gasteiger partial charge in [-0.1, -0.05) is 11.6 Å². The summed E-state index contributed by atoms with van der Waals surface area (Å²) in [5.74, 6) is 1.73. The number of amides is 1. The molecule has 24 heavy (non-hydrogen) atoms. The number of aryl methyl sites for hydroxylation is 1. The van der Waals surface area contributed by atoms with Crippen molar-refractivity contribution in [3.63, 3.8) is 0 Å². The number of hydrogen-bond acceptors (Lipinski definition) is 2. The predicted octanol–water partition coefficient (Wildman–Crippen LogP) is 2.87. The van der Waals surface area contributed by atoms with Crippen molar-refractivity contribution in [3.8, 4) is 0 Å². The summed E-state index contributed by atoms with van der Waals surface area (Å²) in [5.41, 5.74) is 3.49. The summed E-state index contributed by atoms with van der Waals surface area (Å²) in [6.07, 6.45) is 6.22. The van der Waals surface area contributed by atoms with Crippen LogP contribution < -0.4 is 5.32 Å². The summed E-state index contributed by atoms with van der Waals surface area (Å²) in [5, 5.41) is 4.66. The Morgan fingerprint density at radius 1 is 1.29 bits per heavy atom. The van der Waals surface area contributed by atoms with E-state index in [1.807, 2.05) is 6.20 Å². The number of H-pyrrole nitrogens is 1. The van der Waals surface area contributed by atoms with E-state index in [1.54, 1.807) is 0 Å². The van der Waals surface area contributed by atoms with Crippen molar-refractivity contribution < 1.29 is 4.79 Å². The van der Waals surface area contributed by atoms with E-state index in [-0.39, 0.29) is 5.91 Å². The van der Waals surface area contributed by atoms with E-state index in [2.05, 4.69) is 40.3 Å². The van der Waals surface area contributed by atoms with Gasteiger partial charge < -0.3 is 15.2 Å². The number of carbonyl (C=O) groups excluding carboxylic acids is 1. The van der Waals surface area contributed by atoms with Crippen LogP contribution in [-0.4, -0.2) is 42.0 Å². The number of piperidine rings is 1. The van der Waals surface area contributed by atoms with Crippen LogP contribution in [0.1, 0.15) is 30.4 Å². The maximum Gasteiger partial charge on any atom is 0.227 e. The first kappa shape index (κ1) is 15.7. The number of hydrogen-bond donors (Lipinski definition) is 2. The van der Waals surface area contributed by atoms with Gasteiger partial charge in [-0.15, -0.1) is 0 Å². The third-order valence-corrected chi connectivity index (χ3v) is 5.84. The molecule has 2 fully saturated rings. The summed E-state index contributed by atoms with van der Waals surface area (Å²) in [6, 6.07) is 6.38. The van der Waals surface area contributed by atoms with E-state index in [9.17, 15) is 4.79 Å². The number of carbonyl (C=O) groups is 1. The Morgan fingerprint density at radius 2 is 2.21 bits per heavy atom. The van der Waals surface area contributed by atoms with Gasteiger partial charge in [0.1, 0.15) is 0 Å². The van der Waals surface area contributed by atoms with E-state index < -0.39 is 0 Å². The Balaban J connectivity index is 1.45. The van der Waals surface area contributed by atoms with Crippen LogP contribution in [0.5, 0.6) is 0 Å². The third kappa shape index (κ3) is 3.07. The van der Waals surface area contributed by atoms with Crippen molar-refractivity contribution in [1.82, 2.24) is 15.2 Å². The highest BCUT2D eigenvalue weighted by atomic mass is 16.2. The summed E-state index contributed by atoms with van der Waals surface area (Å²) in [7, 11) is 0. The van der Waals surface area contributed by atoms with Gasteiger partial charge in [0, 0.05) is 30.2 Å². The topological polar surface area (TPSA) is 48.1 Å². The Bertz CT molecular complexity index is 730. The van der Waals surface area contributed by atoms with Crippen molar-refractivity contribution in [1.29, 1.82) is 0 Å². The molecule has 2 aliphatic rings. The van der Waals surface area contributed by atoms with Crippen LogP contribution in [-0.2, 0) is 11.2 Å². The minimum Gasteiger partial charge on any atom is -0.361 e. The lowest BCUT2D eigenvalue weighted by Gasteiger charge is -2.35. The van der Waals surface area contributed by atoms with Gasteiger partial charge in [-0.2, -0.15) is 0 Å². The molecule has 4 nitrogen and oxygen atoms in total. The molecule has 0 aliphatic carbocycles. The Labute approximate surface area is 143 Å². The summed E-state index contributed by atoms with van der Waals surface area (Å²) < 4.78 is 0.